The number of nitrogens with one attached hydrogen (secondary N) is 1. The lowest BCUT2D eigenvalue weighted by molar-refractivity contribution is 0.406. The second-order valence-electron chi connectivity index (χ2n) is 4.77. The summed E-state index contributed by atoms with van der Waals surface area (Å²) in [6.45, 7) is 2.04. The van der Waals surface area contributed by atoms with E-state index in [4.69, 9.17) is 9.15 Å². The summed E-state index contributed by atoms with van der Waals surface area (Å²) in [4.78, 5) is 0. The van der Waals surface area contributed by atoms with Gasteiger partial charge in [-0.05, 0) is 19.1 Å². The first-order valence-electron chi connectivity index (χ1n) is 6.50. The highest BCUT2D eigenvalue weighted by molar-refractivity contribution is 5.83. The van der Waals surface area contributed by atoms with Crippen molar-refractivity contribution in [3.8, 4) is 5.75 Å². The molecule has 0 amide bonds. The molecule has 0 radical (unpaired) electrons. The normalized spacial score (nSPS) is 12.6. The maximum atomic E-state index is 5.91. The zero-order chi connectivity index (χ0) is 14.1. The Hall–Kier alpha value is -2.43. The molecule has 0 saturated carbocycles. The minimum absolute atomic E-state index is 0.0296. The van der Waals surface area contributed by atoms with Gasteiger partial charge in [-0.1, -0.05) is 12.1 Å². The van der Waals surface area contributed by atoms with Crippen molar-refractivity contribution in [2.45, 2.75) is 13.0 Å². The molecule has 104 valence electrons. The molecule has 3 aromatic rings. The molecule has 0 aliphatic rings. The molecular formula is C15H17N3O2. The predicted octanol–water partition coefficient (Wildman–Crippen LogP) is 3.35. The molecule has 0 spiro atoms. The number of hydrogen-bond acceptors (Lipinski definition) is 4. The lowest BCUT2D eigenvalue weighted by Crippen LogP contribution is -2.06. The van der Waals surface area contributed by atoms with Crippen LogP contribution in [0.15, 0.2) is 40.9 Å². The van der Waals surface area contributed by atoms with Crippen LogP contribution in [0.4, 0.5) is 5.82 Å². The van der Waals surface area contributed by atoms with Crippen LogP contribution in [-0.2, 0) is 7.05 Å². The van der Waals surface area contributed by atoms with Gasteiger partial charge < -0.3 is 14.5 Å². The summed E-state index contributed by atoms with van der Waals surface area (Å²) in [5.74, 6) is 2.43. The van der Waals surface area contributed by atoms with E-state index >= 15 is 0 Å². The van der Waals surface area contributed by atoms with Gasteiger partial charge in [0.05, 0.1) is 13.2 Å². The van der Waals surface area contributed by atoms with Crippen molar-refractivity contribution in [3.63, 3.8) is 0 Å². The Labute approximate surface area is 117 Å². The number of rotatable bonds is 4. The van der Waals surface area contributed by atoms with Gasteiger partial charge in [-0.25, -0.2) is 0 Å². The van der Waals surface area contributed by atoms with Crippen molar-refractivity contribution in [2.75, 3.05) is 12.4 Å². The van der Waals surface area contributed by atoms with E-state index in [1.165, 1.54) is 0 Å². The van der Waals surface area contributed by atoms with Gasteiger partial charge >= 0.3 is 0 Å². The highest BCUT2D eigenvalue weighted by Crippen LogP contribution is 2.31. The minimum atomic E-state index is 0.0296. The predicted molar refractivity (Wildman–Crippen MR) is 78.0 cm³/mol. The Bertz CT molecular complexity index is 730. The lowest BCUT2D eigenvalue weighted by Gasteiger charge is -2.09. The fraction of sp³-hybridized carbons (Fsp3) is 0.267. The molecule has 0 aliphatic carbocycles. The van der Waals surface area contributed by atoms with Gasteiger partial charge in [0.25, 0.3) is 0 Å². The van der Waals surface area contributed by atoms with Crippen molar-refractivity contribution in [3.05, 3.63) is 42.3 Å². The van der Waals surface area contributed by atoms with Crippen LogP contribution in [-0.4, -0.2) is 16.9 Å². The van der Waals surface area contributed by atoms with Crippen LogP contribution < -0.4 is 10.1 Å². The molecular weight excluding hydrogens is 254 g/mol. The number of para-hydroxylation sites is 1. The number of hydrogen-bond donors (Lipinski definition) is 1. The number of fused-ring (bicyclic) bond motifs is 1. The molecule has 0 bridgehead atoms. The quantitative estimate of drug-likeness (QED) is 0.790. The number of methoxy groups -OCH3 is 1. The van der Waals surface area contributed by atoms with E-state index in [0.29, 0.717) is 0 Å². The molecule has 1 unspecified atom stereocenters. The van der Waals surface area contributed by atoms with Crippen LogP contribution in [0.3, 0.4) is 0 Å². The summed E-state index contributed by atoms with van der Waals surface area (Å²) >= 11 is 0. The molecule has 3 rings (SSSR count). The van der Waals surface area contributed by atoms with E-state index in [1.54, 1.807) is 11.8 Å². The number of ether oxygens (including phenoxy) is 1. The standard InChI is InChI=1S/C15H17N3O2/c1-10(16-14-7-8-18(2)17-14)13-9-11-5-4-6-12(19-3)15(11)20-13/h4-10H,1-3H3,(H,16,17). The maximum Gasteiger partial charge on any atom is 0.176 e. The zero-order valence-electron chi connectivity index (χ0n) is 11.8. The molecule has 0 aliphatic heterocycles. The summed E-state index contributed by atoms with van der Waals surface area (Å²) in [5, 5.41) is 8.65. The van der Waals surface area contributed by atoms with Crippen molar-refractivity contribution in [1.82, 2.24) is 9.78 Å². The fourth-order valence-corrected chi connectivity index (χ4v) is 2.22. The van der Waals surface area contributed by atoms with E-state index in [-0.39, 0.29) is 6.04 Å². The number of aryl methyl sites for hydroxylation is 1. The largest absolute Gasteiger partial charge is 0.493 e. The van der Waals surface area contributed by atoms with E-state index in [1.807, 2.05) is 50.5 Å². The summed E-state index contributed by atoms with van der Waals surface area (Å²) in [6.07, 6.45) is 1.90. The first kappa shape index (κ1) is 12.6. The Balaban J connectivity index is 1.89. The van der Waals surface area contributed by atoms with Gasteiger partial charge in [-0.2, -0.15) is 5.10 Å². The van der Waals surface area contributed by atoms with Crippen LogP contribution in [0.1, 0.15) is 18.7 Å². The van der Waals surface area contributed by atoms with E-state index in [0.717, 1.165) is 28.3 Å². The smallest absolute Gasteiger partial charge is 0.176 e. The van der Waals surface area contributed by atoms with Gasteiger partial charge in [0.2, 0.25) is 0 Å². The molecule has 2 aromatic heterocycles. The zero-order valence-corrected chi connectivity index (χ0v) is 11.8. The van der Waals surface area contributed by atoms with Crippen molar-refractivity contribution < 1.29 is 9.15 Å². The fourth-order valence-electron chi connectivity index (χ4n) is 2.22. The maximum absolute atomic E-state index is 5.91. The van der Waals surface area contributed by atoms with Gasteiger partial charge in [0.15, 0.2) is 11.3 Å². The third kappa shape index (κ3) is 2.22. The Kier molecular flexibility index (Phi) is 3.10. The highest BCUT2D eigenvalue weighted by Gasteiger charge is 2.14. The molecule has 5 heteroatoms. The van der Waals surface area contributed by atoms with Crippen LogP contribution in [0.5, 0.6) is 5.75 Å². The second kappa shape index (κ2) is 4.92. The topological polar surface area (TPSA) is 52.2 Å². The number of nitrogens with zero attached hydrogens (tertiary/aromatic N) is 2. The Morgan fingerprint density at radius 1 is 1.35 bits per heavy atom. The van der Waals surface area contributed by atoms with Gasteiger partial charge in [-0.15, -0.1) is 0 Å². The monoisotopic (exact) mass is 271 g/mol. The highest BCUT2D eigenvalue weighted by atomic mass is 16.5. The first-order chi connectivity index (χ1) is 9.67. The summed E-state index contributed by atoms with van der Waals surface area (Å²) < 4.78 is 13.0. The molecule has 1 atom stereocenters. The van der Waals surface area contributed by atoms with Crippen LogP contribution in [0.25, 0.3) is 11.0 Å². The summed E-state index contributed by atoms with van der Waals surface area (Å²) in [5.41, 5.74) is 0.777. The third-order valence-electron chi connectivity index (χ3n) is 3.25. The van der Waals surface area contributed by atoms with Crippen molar-refractivity contribution in [1.29, 1.82) is 0 Å². The van der Waals surface area contributed by atoms with Crippen LogP contribution >= 0.6 is 0 Å². The van der Waals surface area contributed by atoms with Crippen molar-refractivity contribution in [2.24, 2.45) is 7.05 Å². The average Bonchev–Trinajstić information content (AvgIpc) is 3.04. The minimum Gasteiger partial charge on any atom is -0.493 e. The first-order valence-corrected chi connectivity index (χ1v) is 6.50. The molecule has 0 fully saturated rings. The van der Waals surface area contributed by atoms with Crippen LogP contribution in [0.2, 0.25) is 0 Å². The Morgan fingerprint density at radius 2 is 2.20 bits per heavy atom. The SMILES string of the molecule is COc1cccc2cc(C(C)Nc3ccn(C)n3)oc12. The van der Waals surface area contributed by atoms with E-state index in [2.05, 4.69) is 10.4 Å². The number of aromatic nitrogens is 2. The summed E-state index contributed by atoms with van der Waals surface area (Å²) in [6, 6.07) is 9.85. The molecule has 20 heavy (non-hydrogen) atoms. The van der Waals surface area contributed by atoms with Gasteiger partial charge in [0, 0.05) is 24.7 Å². The number of furan rings is 1. The average molecular weight is 271 g/mol. The Morgan fingerprint density at radius 3 is 2.90 bits per heavy atom. The second-order valence-corrected chi connectivity index (χ2v) is 4.77. The molecule has 5 nitrogen and oxygen atoms in total. The third-order valence-corrected chi connectivity index (χ3v) is 3.25. The number of anilines is 1. The molecule has 1 N–H and O–H groups in total. The van der Waals surface area contributed by atoms with Gasteiger partial charge in [0.1, 0.15) is 11.6 Å². The van der Waals surface area contributed by atoms with Crippen molar-refractivity contribution >= 4 is 16.8 Å². The molecule has 2 heterocycles. The van der Waals surface area contributed by atoms with E-state index < -0.39 is 0 Å². The summed E-state index contributed by atoms with van der Waals surface area (Å²) in [7, 11) is 3.54. The molecule has 1 aromatic carbocycles. The van der Waals surface area contributed by atoms with Crippen LogP contribution in [0, 0.1) is 0 Å². The number of benzene rings is 1. The molecule has 0 saturated heterocycles. The van der Waals surface area contributed by atoms with Gasteiger partial charge in [-0.3, -0.25) is 4.68 Å². The lowest BCUT2D eigenvalue weighted by atomic mass is 10.2. The van der Waals surface area contributed by atoms with E-state index in [9.17, 15) is 0 Å².